The van der Waals surface area contributed by atoms with Crippen LogP contribution in [0.1, 0.15) is 21.5 Å². The first-order valence-electron chi connectivity index (χ1n) is 9.24. The van der Waals surface area contributed by atoms with Crippen molar-refractivity contribution in [2.45, 2.75) is 18.8 Å². The molecule has 1 unspecified atom stereocenters. The molecule has 1 heterocycles. The van der Waals surface area contributed by atoms with Gasteiger partial charge < -0.3 is 15.2 Å². The fraction of sp³-hybridized carbons (Fsp3) is 0.238. The standard InChI is InChI=1S/C21H19ClF3N3O3/c22-19-4-2-1-3-14(19)11-28-12-15(9-27-28)20(30)26-10-17(29)13-31-18-7-5-16(6-8-18)21(23,24)25/h1-9,12,17,29H,10-11,13H2,(H,26,30). The number of nitrogens with one attached hydrogen (secondary N) is 1. The van der Waals surface area contributed by atoms with Gasteiger partial charge in [-0.3, -0.25) is 9.48 Å². The van der Waals surface area contributed by atoms with Gasteiger partial charge in [-0.1, -0.05) is 29.8 Å². The maximum atomic E-state index is 12.5. The first-order chi connectivity index (χ1) is 14.7. The smallest absolute Gasteiger partial charge is 0.416 e. The highest BCUT2D eigenvalue weighted by Gasteiger charge is 2.30. The number of halogens is 4. The number of nitrogens with zero attached hydrogens (tertiary/aromatic N) is 2. The minimum Gasteiger partial charge on any atom is -0.491 e. The highest BCUT2D eigenvalue weighted by atomic mass is 35.5. The summed E-state index contributed by atoms with van der Waals surface area (Å²) in [4.78, 5) is 12.2. The van der Waals surface area contributed by atoms with Gasteiger partial charge in [0.25, 0.3) is 5.91 Å². The van der Waals surface area contributed by atoms with Crippen LogP contribution in [0.4, 0.5) is 13.2 Å². The Morgan fingerprint density at radius 1 is 1.19 bits per heavy atom. The average molecular weight is 454 g/mol. The fourth-order valence-electron chi connectivity index (χ4n) is 2.67. The summed E-state index contributed by atoms with van der Waals surface area (Å²) >= 11 is 6.12. The second-order valence-corrected chi connectivity index (χ2v) is 7.12. The third-order valence-corrected chi connectivity index (χ3v) is 4.68. The molecule has 1 amide bonds. The Balaban J connectivity index is 1.45. The van der Waals surface area contributed by atoms with Gasteiger partial charge in [0.05, 0.1) is 23.9 Å². The molecule has 3 rings (SSSR count). The van der Waals surface area contributed by atoms with E-state index < -0.39 is 23.8 Å². The fourth-order valence-corrected chi connectivity index (χ4v) is 2.87. The number of rotatable bonds is 8. The maximum Gasteiger partial charge on any atom is 0.416 e. The van der Waals surface area contributed by atoms with E-state index in [-0.39, 0.29) is 18.9 Å². The van der Waals surface area contributed by atoms with Crippen molar-refractivity contribution in [3.8, 4) is 5.75 Å². The first kappa shape index (κ1) is 22.6. The van der Waals surface area contributed by atoms with Gasteiger partial charge in [-0.25, -0.2) is 0 Å². The average Bonchev–Trinajstić information content (AvgIpc) is 3.20. The van der Waals surface area contributed by atoms with Gasteiger partial charge in [-0.05, 0) is 35.9 Å². The monoisotopic (exact) mass is 453 g/mol. The van der Waals surface area contributed by atoms with E-state index in [1.165, 1.54) is 18.3 Å². The molecule has 31 heavy (non-hydrogen) atoms. The van der Waals surface area contributed by atoms with Crippen LogP contribution in [0.25, 0.3) is 0 Å². The molecule has 0 spiro atoms. The summed E-state index contributed by atoms with van der Waals surface area (Å²) in [5, 5.41) is 17.2. The molecule has 0 fully saturated rings. The number of carbonyl (C=O) groups is 1. The van der Waals surface area contributed by atoms with Crippen LogP contribution in [0, 0.1) is 0 Å². The Bertz CT molecular complexity index is 1020. The largest absolute Gasteiger partial charge is 0.491 e. The number of aliphatic hydroxyl groups is 1. The Morgan fingerprint density at radius 3 is 2.58 bits per heavy atom. The minimum atomic E-state index is -4.43. The summed E-state index contributed by atoms with van der Waals surface area (Å²) in [7, 11) is 0. The number of alkyl halides is 3. The summed E-state index contributed by atoms with van der Waals surface area (Å²) < 4.78 is 44.5. The van der Waals surface area contributed by atoms with Crippen LogP contribution in [-0.2, 0) is 12.7 Å². The summed E-state index contributed by atoms with van der Waals surface area (Å²) in [5.41, 5.74) is 0.376. The topological polar surface area (TPSA) is 76.4 Å². The van der Waals surface area contributed by atoms with Gasteiger partial charge in [0.15, 0.2) is 0 Å². The van der Waals surface area contributed by atoms with Crippen molar-refractivity contribution in [3.05, 3.63) is 82.6 Å². The van der Waals surface area contributed by atoms with E-state index >= 15 is 0 Å². The molecule has 2 aromatic carbocycles. The second-order valence-electron chi connectivity index (χ2n) is 6.71. The lowest BCUT2D eigenvalue weighted by Gasteiger charge is -2.13. The molecule has 0 saturated carbocycles. The van der Waals surface area contributed by atoms with E-state index in [1.807, 2.05) is 18.2 Å². The number of amides is 1. The minimum absolute atomic E-state index is 0.102. The Kier molecular flexibility index (Phi) is 7.19. The van der Waals surface area contributed by atoms with Gasteiger partial charge >= 0.3 is 6.18 Å². The quantitative estimate of drug-likeness (QED) is 0.544. The molecule has 1 atom stereocenters. The molecule has 0 bridgehead atoms. The lowest BCUT2D eigenvalue weighted by Crippen LogP contribution is -2.35. The van der Waals surface area contributed by atoms with Crippen molar-refractivity contribution >= 4 is 17.5 Å². The third kappa shape index (κ3) is 6.47. The lowest BCUT2D eigenvalue weighted by molar-refractivity contribution is -0.137. The third-order valence-electron chi connectivity index (χ3n) is 4.31. The Morgan fingerprint density at radius 2 is 1.90 bits per heavy atom. The van der Waals surface area contributed by atoms with Crippen molar-refractivity contribution in [2.75, 3.05) is 13.2 Å². The van der Waals surface area contributed by atoms with E-state index in [0.29, 0.717) is 17.1 Å². The van der Waals surface area contributed by atoms with E-state index in [0.717, 1.165) is 17.7 Å². The number of aliphatic hydroxyl groups excluding tert-OH is 1. The van der Waals surface area contributed by atoms with E-state index in [4.69, 9.17) is 16.3 Å². The van der Waals surface area contributed by atoms with Crippen LogP contribution in [0.3, 0.4) is 0 Å². The van der Waals surface area contributed by atoms with Crippen molar-refractivity contribution in [1.82, 2.24) is 15.1 Å². The lowest BCUT2D eigenvalue weighted by atomic mass is 10.2. The molecule has 0 aliphatic rings. The van der Waals surface area contributed by atoms with Gasteiger partial charge in [-0.15, -0.1) is 0 Å². The van der Waals surface area contributed by atoms with E-state index in [9.17, 15) is 23.1 Å². The van der Waals surface area contributed by atoms with Crippen LogP contribution < -0.4 is 10.1 Å². The second kappa shape index (κ2) is 9.84. The zero-order chi connectivity index (χ0) is 22.4. The van der Waals surface area contributed by atoms with Crippen molar-refractivity contribution < 1.29 is 27.8 Å². The summed E-state index contributed by atoms with van der Waals surface area (Å²) in [6.45, 7) is 0.100. The van der Waals surface area contributed by atoms with Crippen molar-refractivity contribution in [2.24, 2.45) is 0 Å². The highest BCUT2D eigenvalue weighted by Crippen LogP contribution is 2.30. The number of ether oxygens (including phenoxy) is 1. The highest BCUT2D eigenvalue weighted by molar-refractivity contribution is 6.31. The summed E-state index contributed by atoms with van der Waals surface area (Å²) in [5.74, 6) is -0.252. The zero-order valence-corrected chi connectivity index (χ0v) is 16.9. The normalized spacial score (nSPS) is 12.4. The predicted molar refractivity (Wildman–Crippen MR) is 108 cm³/mol. The van der Waals surface area contributed by atoms with Gasteiger partial charge in [0, 0.05) is 17.8 Å². The van der Waals surface area contributed by atoms with Crippen molar-refractivity contribution in [1.29, 1.82) is 0 Å². The molecule has 0 saturated heterocycles. The summed E-state index contributed by atoms with van der Waals surface area (Å²) in [6.07, 6.45) is -2.52. The Hall–Kier alpha value is -3.04. The van der Waals surface area contributed by atoms with Crippen LogP contribution in [0.5, 0.6) is 5.75 Å². The van der Waals surface area contributed by atoms with E-state index in [2.05, 4.69) is 10.4 Å². The first-order valence-corrected chi connectivity index (χ1v) is 9.62. The molecule has 2 N–H and O–H groups in total. The summed E-state index contributed by atoms with van der Waals surface area (Å²) in [6, 6.07) is 11.4. The van der Waals surface area contributed by atoms with Crippen molar-refractivity contribution in [3.63, 3.8) is 0 Å². The number of hydrogen-bond donors (Lipinski definition) is 2. The van der Waals surface area contributed by atoms with Crippen LogP contribution in [0.15, 0.2) is 60.9 Å². The molecular weight excluding hydrogens is 435 g/mol. The number of benzene rings is 2. The van der Waals surface area contributed by atoms with E-state index in [1.54, 1.807) is 16.9 Å². The SMILES string of the molecule is O=C(NCC(O)COc1ccc(C(F)(F)F)cc1)c1cnn(Cc2ccccc2Cl)c1. The Labute approximate surface area is 181 Å². The molecule has 6 nitrogen and oxygen atoms in total. The van der Waals surface area contributed by atoms with Gasteiger partial charge in [-0.2, -0.15) is 18.3 Å². The van der Waals surface area contributed by atoms with Gasteiger partial charge in [0.2, 0.25) is 0 Å². The van der Waals surface area contributed by atoms with Crippen LogP contribution in [-0.4, -0.2) is 40.0 Å². The molecule has 0 aliphatic carbocycles. The number of hydrogen-bond acceptors (Lipinski definition) is 4. The maximum absolute atomic E-state index is 12.5. The molecule has 164 valence electrons. The molecule has 3 aromatic rings. The molecule has 0 aliphatic heterocycles. The molecule has 1 aromatic heterocycles. The van der Waals surface area contributed by atoms with Gasteiger partial charge in [0.1, 0.15) is 18.5 Å². The number of aromatic nitrogens is 2. The predicted octanol–water partition coefficient (Wildman–Crippen LogP) is 3.77. The zero-order valence-electron chi connectivity index (χ0n) is 16.1. The van der Waals surface area contributed by atoms with Crippen LogP contribution in [0.2, 0.25) is 5.02 Å². The molecular formula is C21H19ClF3N3O3. The molecule has 10 heteroatoms. The number of carbonyl (C=O) groups excluding carboxylic acids is 1. The molecule has 0 radical (unpaired) electrons. The van der Waals surface area contributed by atoms with Crippen LogP contribution >= 0.6 is 11.6 Å².